The molecule has 0 bridgehead atoms. The van der Waals surface area contributed by atoms with Crippen LogP contribution < -0.4 is 11.1 Å². The van der Waals surface area contributed by atoms with Gasteiger partial charge in [0.05, 0.1) is 5.39 Å². The lowest BCUT2D eigenvalue weighted by atomic mass is 9.97. The minimum atomic E-state index is 0.244. The number of aryl methyl sites for hydroxylation is 2. The molecule has 24 heavy (non-hydrogen) atoms. The zero-order valence-electron chi connectivity index (χ0n) is 13.3. The number of aromatic nitrogens is 3. The van der Waals surface area contributed by atoms with Gasteiger partial charge in [-0.05, 0) is 49.8 Å². The smallest absolute Gasteiger partial charge is 0.163 e. The highest BCUT2D eigenvalue weighted by atomic mass is 32.1. The first-order valence-electron chi connectivity index (χ1n) is 8.54. The third-order valence-electron chi connectivity index (χ3n) is 4.92. The number of hydrogen-bond donors (Lipinski definition) is 2. The van der Waals surface area contributed by atoms with Crippen LogP contribution in [0.3, 0.4) is 0 Å². The first-order valence-corrected chi connectivity index (χ1v) is 9.36. The SMILES string of the molecule is NC1C[C@@H]1Nc1nc(-c2ccncc2)nc2sc3c(c12)CCCC3. The van der Waals surface area contributed by atoms with Crippen molar-refractivity contribution < 1.29 is 0 Å². The highest BCUT2D eigenvalue weighted by molar-refractivity contribution is 7.19. The van der Waals surface area contributed by atoms with Crippen molar-refractivity contribution in [3.8, 4) is 11.4 Å². The van der Waals surface area contributed by atoms with Gasteiger partial charge in [0.1, 0.15) is 10.6 Å². The third-order valence-corrected chi connectivity index (χ3v) is 6.10. The van der Waals surface area contributed by atoms with Crippen LogP contribution in [0.15, 0.2) is 24.5 Å². The second-order valence-corrected chi connectivity index (χ2v) is 7.76. The number of anilines is 1. The van der Waals surface area contributed by atoms with Gasteiger partial charge in [-0.15, -0.1) is 11.3 Å². The van der Waals surface area contributed by atoms with E-state index in [0.29, 0.717) is 6.04 Å². The maximum atomic E-state index is 6.01. The Kier molecular flexibility index (Phi) is 3.28. The van der Waals surface area contributed by atoms with Gasteiger partial charge in [0.25, 0.3) is 0 Å². The molecule has 0 saturated heterocycles. The van der Waals surface area contributed by atoms with Crippen LogP contribution >= 0.6 is 11.3 Å². The van der Waals surface area contributed by atoms with Crippen LogP contribution in [0.4, 0.5) is 5.82 Å². The molecule has 2 atom stereocenters. The number of rotatable bonds is 3. The van der Waals surface area contributed by atoms with E-state index in [9.17, 15) is 0 Å². The maximum absolute atomic E-state index is 6.01. The Balaban J connectivity index is 1.70. The first kappa shape index (κ1) is 14.3. The van der Waals surface area contributed by atoms with E-state index in [1.165, 1.54) is 35.1 Å². The molecule has 5 rings (SSSR count). The van der Waals surface area contributed by atoms with Gasteiger partial charge in [0.15, 0.2) is 5.82 Å². The normalized spacial score (nSPS) is 22.4. The molecule has 0 aromatic carbocycles. The molecule has 2 aliphatic carbocycles. The van der Waals surface area contributed by atoms with E-state index in [2.05, 4.69) is 10.3 Å². The van der Waals surface area contributed by atoms with Crippen molar-refractivity contribution in [3.63, 3.8) is 0 Å². The van der Waals surface area contributed by atoms with Crippen LogP contribution in [0.1, 0.15) is 29.7 Å². The number of nitrogens with two attached hydrogens (primary N) is 1. The van der Waals surface area contributed by atoms with E-state index in [1.807, 2.05) is 23.5 Å². The number of thiophene rings is 1. The Bertz CT molecular complexity index is 905. The molecule has 1 unspecified atom stereocenters. The molecular formula is C18H19N5S. The molecular weight excluding hydrogens is 318 g/mol. The predicted octanol–water partition coefficient (Wildman–Crippen LogP) is 3.14. The molecule has 1 fully saturated rings. The summed E-state index contributed by atoms with van der Waals surface area (Å²) >= 11 is 1.83. The summed E-state index contributed by atoms with van der Waals surface area (Å²) in [6.45, 7) is 0. The zero-order valence-corrected chi connectivity index (χ0v) is 14.1. The quantitative estimate of drug-likeness (QED) is 0.768. The summed E-state index contributed by atoms with van der Waals surface area (Å²) in [5.41, 5.74) is 8.47. The average molecular weight is 337 g/mol. The van der Waals surface area contributed by atoms with Crippen LogP contribution in [0.5, 0.6) is 0 Å². The molecule has 6 heteroatoms. The summed E-state index contributed by atoms with van der Waals surface area (Å²) < 4.78 is 0. The van der Waals surface area contributed by atoms with Gasteiger partial charge in [-0.25, -0.2) is 9.97 Å². The van der Waals surface area contributed by atoms with E-state index in [1.54, 1.807) is 12.4 Å². The Morgan fingerprint density at radius 2 is 1.92 bits per heavy atom. The van der Waals surface area contributed by atoms with Gasteiger partial charge in [-0.3, -0.25) is 4.98 Å². The Morgan fingerprint density at radius 3 is 2.71 bits per heavy atom. The highest BCUT2D eigenvalue weighted by Crippen LogP contribution is 2.40. The third kappa shape index (κ3) is 2.37. The highest BCUT2D eigenvalue weighted by Gasteiger charge is 2.34. The van der Waals surface area contributed by atoms with Crippen LogP contribution in [0, 0.1) is 0 Å². The van der Waals surface area contributed by atoms with Crippen molar-refractivity contribution in [1.29, 1.82) is 0 Å². The second-order valence-electron chi connectivity index (χ2n) is 6.67. The lowest BCUT2D eigenvalue weighted by Crippen LogP contribution is -2.15. The van der Waals surface area contributed by atoms with Crippen LogP contribution in [-0.4, -0.2) is 27.0 Å². The van der Waals surface area contributed by atoms with Crippen molar-refractivity contribution in [1.82, 2.24) is 15.0 Å². The fraction of sp³-hybridized carbons (Fsp3) is 0.389. The molecule has 122 valence electrons. The van der Waals surface area contributed by atoms with E-state index in [0.717, 1.165) is 34.9 Å². The van der Waals surface area contributed by atoms with E-state index in [-0.39, 0.29) is 6.04 Å². The van der Waals surface area contributed by atoms with E-state index in [4.69, 9.17) is 15.7 Å². The Labute approximate surface area is 144 Å². The lowest BCUT2D eigenvalue weighted by molar-refractivity contribution is 0.700. The molecule has 2 aliphatic rings. The van der Waals surface area contributed by atoms with Gasteiger partial charge in [0, 0.05) is 34.9 Å². The number of nitrogens with one attached hydrogen (secondary N) is 1. The molecule has 3 aromatic rings. The summed E-state index contributed by atoms with van der Waals surface area (Å²) in [5.74, 6) is 1.73. The molecule has 3 N–H and O–H groups in total. The summed E-state index contributed by atoms with van der Waals surface area (Å²) in [5, 5.41) is 4.80. The van der Waals surface area contributed by atoms with Gasteiger partial charge < -0.3 is 11.1 Å². The minimum absolute atomic E-state index is 0.244. The topological polar surface area (TPSA) is 76.7 Å². The van der Waals surface area contributed by atoms with Crippen molar-refractivity contribution in [3.05, 3.63) is 35.0 Å². The second kappa shape index (κ2) is 5.50. The first-order chi connectivity index (χ1) is 11.8. The van der Waals surface area contributed by atoms with Crippen molar-refractivity contribution in [2.24, 2.45) is 5.73 Å². The Morgan fingerprint density at radius 1 is 1.12 bits per heavy atom. The van der Waals surface area contributed by atoms with Crippen LogP contribution in [0.25, 0.3) is 21.6 Å². The number of fused-ring (bicyclic) bond motifs is 3. The van der Waals surface area contributed by atoms with E-state index < -0.39 is 0 Å². The molecule has 1 saturated carbocycles. The van der Waals surface area contributed by atoms with Gasteiger partial charge in [-0.1, -0.05) is 0 Å². The monoisotopic (exact) mass is 337 g/mol. The number of hydrogen-bond acceptors (Lipinski definition) is 6. The fourth-order valence-corrected chi connectivity index (χ4v) is 4.71. The van der Waals surface area contributed by atoms with Crippen molar-refractivity contribution in [2.45, 2.75) is 44.2 Å². The molecule has 5 nitrogen and oxygen atoms in total. The summed E-state index contributed by atoms with van der Waals surface area (Å²) in [7, 11) is 0. The van der Waals surface area contributed by atoms with Crippen molar-refractivity contribution >= 4 is 27.4 Å². The number of pyridine rings is 1. The largest absolute Gasteiger partial charge is 0.365 e. The fourth-order valence-electron chi connectivity index (χ4n) is 3.45. The standard InChI is InChI=1S/C18H19N5S/c19-12-9-13(12)21-17-15-11-3-1-2-4-14(11)24-18(15)23-16(22-17)10-5-7-20-8-6-10/h5-8,12-13H,1-4,9,19H2,(H,21,22,23)/t12?,13-/m0/s1. The van der Waals surface area contributed by atoms with Gasteiger partial charge in [-0.2, -0.15) is 0 Å². The molecule has 0 radical (unpaired) electrons. The molecule has 0 aliphatic heterocycles. The summed E-state index contributed by atoms with van der Waals surface area (Å²) in [6, 6.07) is 4.50. The molecule has 0 amide bonds. The molecule has 3 heterocycles. The molecule has 0 spiro atoms. The minimum Gasteiger partial charge on any atom is -0.365 e. The van der Waals surface area contributed by atoms with Crippen LogP contribution in [0.2, 0.25) is 0 Å². The van der Waals surface area contributed by atoms with Crippen molar-refractivity contribution in [2.75, 3.05) is 5.32 Å². The predicted molar refractivity (Wildman–Crippen MR) is 97.3 cm³/mol. The lowest BCUT2D eigenvalue weighted by Gasteiger charge is -2.13. The summed E-state index contributed by atoms with van der Waals surface area (Å²) in [4.78, 5) is 16.4. The average Bonchev–Trinajstić information content (AvgIpc) is 3.17. The maximum Gasteiger partial charge on any atom is 0.163 e. The Hall–Kier alpha value is -2.05. The van der Waals surface area contributed by atoms with Gasteiger partial charge >= 0.3 is 0 Å². The summed E-state index contributed by atoms with van der Waals surface area (Å²) in [6.07, 6.45) is 9.43. The molecule has 3 aromatic heterocycles. The van der Waals surface area contributed by atoms with E-state index >= 15 is 0 Å². The zero-order chi connectivity index (χ0) is 16.1. The van der Waals surface area contributed by atoms with Gasteiger partial charge in [0.2, 0.25) is 0 Å². The van der Waals surface area contributed by atoms with Crippen LogP contribution in [-0.2, 0) is 12.8 Å². The number of nitrogens with zero attached hydrogens (tertiary/aromatic N) is 3.